The molecule has 2 rings (SSSR count). The summed E-state index contributed by atoms with van der Waals surface area (Å²) in [6, 6.07) is 12.9. The number of halogens is 1. The summed E-state index contributed by atoms with van der Waals surface area (Å²) in [6.07, 6.45) is 4.88. The van der Waals surface area contributed by atoms with Gasteiger partial charge in [-0.1, -0.05) is 28.1 Å². The Balaban J connectivity index is 2.07. The summed E-state index contributed by atoms with van der Waals surface area (Å²) >= 11 is 3.35. The lowest BCUT2D eigenvalue weighted by atomic mass is 10.1. The molecule has 0 atom stereocenters. The SMILES string of the molecule is N#C/C(=C\c1cccc(Br)c1)C(=O)NCc1ccncc1. The zero-order valence-electron chi connectivity index (χ0n) is 11.1. The molecule has 5 heteroatoms. The number of pyridine rings is 1. The van der Waals surface area contributed by atoms with Gasteiger partial charge in [0.25, 0.3) is 5.91 Å². The highest BCUT2D eigenvalue weighted by Gasteiger charge is 2.08. The molecule has 0 aliphatic heterocycles. The molecule has 0 aliphatic carbocycles. The summed E-state index contributed by atoms with van der Waals surface area (Å²) < 4.78 is 0.894. The van der Waals surface area contributed by atoms with Crippen LogP contribution in [0.5, 0.6) is 0 Å². The Morgan fingerprint density at radius 1 is 1.33 bits per heavy atom. The van der Waals surface area contributed by atoms with Gasteiger partial charge in [-0.25, -0.2) is 0 Å². The standard InChI is InChI=1S/C16H12BrN3O/c17-15-3-1-2-13(9-15)8-14(10-18)16(21)20-11-12-4-6-19-7-5-12/h1-9H,11H2,(H,20,21)/b14-8+. The van der Waals surface area contributed by atoms with E-state index in [1.807, 2.05) is 42.5 Å². The van der Waals surface area contributed by atoms with Crippen molar-refractivity contribution in [3.05, 3.63) is 70.0 Å². The minimum Gasteiger partial charge on any atom is -0.347 e. The van der Waals surface area contributed by atoms with E-state index in [0.717, 1.165) is 15.6 Å². The molecule has 2 aromatic rings. The fraction of sp³-hybridized carbons (Fsp3) is 0.0625. The molecular weight excluding hydrogens is 330 g/mol. The number of nitrogens with zero attached hydrogens (tertiary/aromatic N) is 2. The van der Waals surface area contributed by atoms with E-state index in [4.69, 9.17) is 5.26 Å². The predicted molar refractivity (Wildman–Crippen MR) is 83.8 cm³/mol. The van der Waals surface area contributed by atoms with E-state index >= 15 is 0 Å². The van der Waals surface area contributed by atoms with E-state index in [0.29, 0.717) is 6.54 Å². The number of hydrogen-bond acceptors (Lipinski definition) is 3. The largest absolute Gasteiger partial charge is 0.347 e. The highest BCUT2D eigenvalue weighted by Crippen LogP contribution is 2.14. The number of amides is 1. The third-order valence-corrected chi connectivity index (χ3v) is 3.22. The maximum atomic E-state index is 12.0. The third kappa shape index (κ3) is 4.55. The Morgan fingerprint density at radius 3 is 2.76 bits per heavy atom. The Kier molecular flexibility index (Phi) is 5.24. The van der Waals surface area contributed by atoms with E-state index in [-0.39, 0.29) is 5.57 Å². The van der Waals surface area contributed by atoms with Crippen LogP contribution in [0.15, 0.2) is 58.8 Å². The van der Waals surface area contributed by atoms with Crippen LogP contribution >= 0.6 is 15.9 Å². The quantitative estimate of drug-likeness (QED) is 0.686. The first-order chi connectivity index (χ1) is 10.2. The molecule has 0 spiro atoms. The van der Waals surface area contributed by atoms with Gasteiger partial charge < -0.3 is 5.32 Å². The molecule has 1 N–H and O–H groups in total. The van der Waals surface area contributed by atoms with Crippen molar-refractivity contribution < 1.29 is 4.79 Å². The van der Waals surface area contributed by atoms with E-state index in [1.54, 1.807) is 18.5 Å². The Labute approximate surface area is 131 Å². The molecule has 1 amide bonds. The molecule has 0 fully saturated rings. The molecule has 0 saturated heterocycles. The van der Waals surface area contributed by atoms with Gasteiger partial charge in [-0.2, -0.15) is 5.26 Å². The summed E-state index contributed by atoms with van der Waals surface area (Å²) in [7, 11) is 0. The van der Waals surface area contributed by atoms with Crippen LogP contribution in [-0.4, -0.2) is 10.9 Å². The summed E-state index contributed by atoms with van der Waals surface area (Å²) in [5.74, 6) is -0.394. The van der Waals surface area contributed by atoms with E-state index in [1.165, 1.54) is 0 Å². The molecule has 104 valence electrons. The van der Waals surface area contributed by atoms with Crippen molar-refractivity contribution >= 4 is 27.9 Å². The fourth-order valence-corrected chi connectivity index (χ4v) is 2.11. The predicted octanol–water partition coefficient (Wildman–Crippen LogP) is 3.07. The topological polar surface area (TPSA) is 65.8 Å². The average molecular weight is 342 g/mol. The zero-order chi connectivity index (χ0) is 15.1. The Hall–Kier alpha value is -2.45. The third-order valence-electron chi connectivity index (χ3n) is 2.73. The van der Waals surface area contributed by atoms with E-state index in [9.17, 15) is 4.79 Å². The number of carbonyl (C=O) groups excluding carboxylic acids is 1. The Bertz CT molecular complexity index is 705. The van der Waals surface area contributed by atoms with Crippen LogP contribution < -0.4 is 5.32 Å². The first kappa shape index (κ1) is 14.9. The maximum absolute atomic E-state index is 12.0. The van der Waals surface area contributed by atoms with Gasteiger partial charge in [0.2, 0.25) is 0 Å². The van der Waals surface area contributed by atoms with Crippen LogP contribution in [0.1, 0.15) is 11.1 Å². The van der Waals surface area contributed by atoms with Crippen molar-refractivity contribution in [3.8, 4) is 6.07 Å². The summed E-state index contributed by atoms with van der Waals surface area (Å²) in [4.78, 5) is 15.9. The van der Waals surface area contributed by atoms with Gasteiger partial charge in [0.15, 0.2) is 0 Å². The van der Waals surface area contributed by atoms with Gasteiger partial charge in [0.05, 0.1) is 0 Å². The Morgan fingerprint density at radius 2 is 2.10 bits per heavy atom. The first-order valence-corrected chi connectivity index (χ1v) is 7.03. The molecule has 1 aromatic carbocycles. The van der Waals surface area contributed by atoms with E-state index < -0.39 is 5.91 Å². The van der Waals surface area contributed by atoms with Crippen LogP contribution in [0.4, 0.5) is 0 Å². The molecular formula is C16H12BrN3O. The average Bonchev–Trinajstić information content (AvgIpc) is 2.51. The molecule has 0 aliphatic rings. The van der Waals surface area contributed by atoms with Crippen molar-refractivity contribution in [2.24, 2.45) is 0 Å². The molecule has 0 saturated carbocycles. The maximum Gasteiger partial charge on any atom is 0.262 e. The van der Waals surface area contributed by atoms with Crippen molar-refractivity contribution in [3.63, 3.8) is 0 Å². The van der Waals surface area contributed by atoms with Gasteiger partial charge in [-0.05, 0) is 41.5 Å². The monoisotopic (exact) mass is 341 g/mol. The molecule has 0 unspecified atom stereocenters. The molecule has 1 aromatic heterocycles. The van der Waals surface area contributed by atoms with Gasteiger partial charge >= 0.3 is 0 Å². The van der Waals surface area contributed by atoms with Crippen molar-refractivity contribution in [1.29, 1.82) is 5.26 Å². The van der Waals surface area contributed by atoms with Crippen molar-refractivity contribution in [2.45, 2.75) is 6.54 Å². The minimum atomic E-state index is -0.394. The van der Waals surface area contributed by atoms with Gasteiger partial charge in [0, 0.05) is 23.4 Å². The zero-order valence-corrected chi connectivity index (χ0v) is 12.7. The number of benzene rings is 1. The smallest absolute Gasteiger partial charge is 0.262 e. The fourth-order valence-electron chi connectivity index (χ4n) is 1.69. The lowest BCUT2D eigenvalue weighted by molar-refractivity contribution is -0.117. The van der Waals surface area contributed by atoms with Crippen molar-refractivity contribution in [2.75, 3.05) is 0 Å². The van der Waals surface area contributed by atoms with Crippen LogP contribution in [0.3, 0.4) is 0 Å². The second-order valence-electron chi connectivity index (χ2n) is 4.26. The molecule has 21 heavy (non-hydrogen) atoms. The van der Waals surface area contributed by atoms with Crippen LogP contribution in [0, 0.1) is 11.3 Å². The summed E-state index contributed by atoms with van der Waals surface area (Å²) in [5.41, 5.74) is 1.79. The first-order valence-electron chi connectivity index (χ1n) is 6.23. The second-order valence-corrected chi connectivity index (χ2v) is 5.18. The molecule has 0 radical (unpaired) electrons. The minimum absolute atomic E-state index is 0.0714. The van der Waals surface area contributed by atoms with Crippen LogP contribution in [-0.2, 0) is 11.3 Å². The highest BCUT2D eigenvalue weighted by atomic mass is 79.9. The van der Waals surface area contributed by atoms with Gasteiger partial charge in [0.1, 0.15) is 11.6 Å². The highest BCUT2D eigenvalue weighted by molar-refractivity contribution is 9.10. The molecule has 1 heterocycles. The number of hydrogen-bond donors (Lipinski definition) is 1. The second kappa shape index (κ2) is 7.36. The van der Waals surface area contributed by atoms with Crippen molar-refractivity contribution in [1.82, 2.24) is 10.3 Å². The molecule has 0 bridgehead atoms. The number of nitrogens with one attached hydrogen (secondary N) is 1. The molecule has 4 nitrogen and oxygen atoms in total. The van der Waals surface area contributed by atoms with Crippen LogP contribution in [0.2, 0.25) is 0 Å². The van der Waals surface area contributed by atoms with Gasteiger partial charge in [-0.3, -0.25) is 9.78 Å². The van der Waals surface area contributed by atoms with E-state index in [2.05, 4.69) is 26.2 Å². The lowest BCUT2D eigenvalue weighted by Gasteiger charge is -2.04. The lowest BCUT2D eigenvalue weighted by Crippen LogP contribution is -2.23. The number of nitriles is 1. The summed E-state index contributed by atoms with van der Waals surface area (Å²) in [6.45, 7) is 0.360. The number of aromatic nitrogens is 1. The normalized spacial score (nSPS) is 10.8. The summed E-state index contributed by atoms with van der Waals surface area (Å²) in [5, 5.41) is 11.8. The van der Waals surface area contributed by atoms with Gasteiger partial charge in [-0.15, -0.1) is 0 Å². The number of rotatable bonds is 4. The number of carbonyl (C=O) groups is 1. The van der Waals surface area contributed by atoms with Crippen LogP contribution in [0.25, 0.3) is 6.08 Å².